The molecule has 2 heterocycles. The highest BCUT2D eigenvalue weighted by Gasteiger charge is 2.30. The second-order valence-corrected chi connectivity index (χ2v) is 6.49. The zero-order valence-electron chi connectivity index (χ0n) is 14.4. The zero-order chi connectivity index (χ0) is 17.4. The van der Waals surface area contributed by atoms with Gasteiger partial charge in [0.05, 0.1) is 17.9 Å². The summed E-state index contributed by atoms with van der Waals surface area (Å²) in [6.07, 6.45) is 0.602. The summed E-state index contributed by atoms with van der Waals surface area (Å²) in [4.78, 5) is 14.4. The number of benzene rings is 1. The van der Waals surface area contributed by atoms with Crippen LogP contribution in [0.1, 0.15) is 52.8 Å². The number of ether oxygens (including phenoxy) is 1. The molecule has 0 saturated heterocycles. The van der Waals surface area contributed by atoms with E-state index in [1.54, 1.807) is 18.0 Å². The van der Waals surface area contributed by atoms with Gasteiger partial charge in [-0.05, 0) is 44.0 Å². The number of aryl methyl sites for hydroxylation is 1. The number of carbonyl (C=O) groups is 1. The second kappa shape index (κ2) is 6.36. The summed E-state index contributed by atoms with van der Waals surface area (Å²) >= 11 is 0. The number of aromatic nitrogens is 2. The molecule has 0 radical (unpaired) electrons. The van der Waals surface area contributed by atoms with Crippen LogP contribution in [0.5, 0.6) is 0 Å². The standard InChI is InChI=1S/C18H22FN3O2/c1-10-5-6-14(19)8-13(10)9-22(4)18(23)17-15-7-11(2)24-12(3)16(15)20-21-17/h5-6,8,11-12H,7,9H2,1-4H3,(H,20,21)/t11-,12+/m1/s1. The van der Waals surface area contributed by atoms with Gasteiger partial charge in [-0.3, -0.25) is 9.89 Å². The van der Waals surface area contributed by atoms with Crippen LogP contribution >= 0.6 is 0 Å². The number of nitrogens with zero attached hydrogens (tertiary/aromatic N) is 2. The summed E-state index contributed by atoms with van der Waals surface area (Å²) in [7, 11) is 1.71. The van der Waals surface area contributed by atoms with Crippen LogP contribution in [0.25, 0.3) is 0 Å². The van der Waals surface area contributed by atoms with Gasteiger partial charge in [0.2, 0.25) is 0 Å². The number of nitrogens with one attached hydrogen (secondary N) is 1. The van der Waals surface area contributed by atoms with Crippen LogP contribution in [-0.2, 0) is 17.7 Å². The third-order valence-electron chi connectivity index (χ3n) is 4.50. The molecule has 0 aliphatic carbocycles. The van der Waals surface area contributed by atoms with Crippen molar-refractivity contribution in [3.8, 4) is 0 Å². The van der Waals surface area contributed by atoms with Gasteiger partial charge in [-0.25, -0.2) is 4.39 Å². The minimum Gasteiger partial charge on any atom is -0.369 e. The maximum absolute atomic E-state index is 13.4. The first-order chi connectivity index (χ1) is 11.4. The van der Waals surface area contributed by atoms with Crippen molar-refractivity contribution >= 4 is 5.91 Å². The Morgan fingerprint density at radius 3 is 2.96 bits per heavy atom. The largest absolute Gasteiger partial charge is 0.369 e. The molecule has 0 bridgehead atoms. The van der Waals surface area contributed by atoms with Gasteiger partial charge in [0.15, 0.2) is 5.69 Å². The van der Waals surface area contributed by atoms with Gasteiger partial charge in [-0.2, -0.15) is 5.10 Å². The predicted molar refractivity (Wildman–Crippen MR) is 88.2 cm³/mol. The number of aromatic amines is 1. The topological polar surface area (TPSA) is 58.2 Å². The number of carbonyl (C=O) groups excluding carboxylic acids is 1. The van der Waals surface area contributed by atoms with E-state index in [1.165, 1.54) is 12.1 Å². The maximum atomic E-state index is 13.4. The minimum absolute atomic E-state index is 0.0485. The van der Waals surface area contributed by atoms with Crippen molar-refractivity contribution in [2.24, 2.45) is 0 Å². The van der Waals surface area contributed by atoms with Crippen molar-refractivity contribution in [1.82, 2.24) is 15.1 Å². The fourth-order valence-electron chi connectivity index (χ4n) is 3.17. The number of rotatable bonds is 3. The van der Waals surface area contributed by atoms with E-state index < -0.39 is 0 Å². The molecule has 2 aromatic rings. The van der Waals surface area contributed by atoms with Crippen molar-refractivity contribution in [1.29, 1.82) is 0 Å². The molecule has 0 saturated carbocycles. The van der Waals surface area contributed by atoms with E-state index >= 15 is 0 Å². The lowest BCUT2D eigenvalue weighted by Crippen LogP contribution is -2.29. The molecule has 2 atom stereocenters. The van der Waals surface area contributed by atoms with Crippen LogP contribution in [0.15, 0.2) is 18.2 Å². The van der Waals surface area contributed by atoms with Crippen molar-refractivity contribution in [3.05, 3.63) is 52.1 Å². The fourth-order valence-corrected chi connectivity index (χ4v) is 3.17. The Morgan fingerprint density at radius 1 is 1.46 bits per heavy atom. The van der Waals surface area contributed by atoms with Gasteiger partial charge in [-0.1, -0.05) is 6.07 Å². The Balaban J connectivity index is 1.83. The van der Waals surface area contributed by atoms with Gasteiger partial charge < -0.3 is 9.64 Å². The van der Waals surface area contributed by atoms with E-state index in [2.05, 4.69) is 10.2 Å². The molecule has 1 amide bonds. The smallest absolute Gasteiger partial charge is 0.274 e. The molecule has 1 N–H and O–H groups in total. The van der Waals surface area contributed by atoms with Crippen LogP contribution in [-0.4, -0.2) is 34.2 Å². The lowest BCUT2D eigenvalue weighted by atomic mass is 9.99. The van der Waals surface area contributed by atoms with Crippen LogP contribution in [0.4, 0.5) is 4.39 Å². The molecular weight excluding hydrogens is 309 g/mol. The van der Waals surface area contributed by atoms with E-state index in [4.69, 9.17) is 4.74 Å². The molecule has 6 heteroatoms. The first-order valence-electron chi connectivity index (χ1n) is 8.10. The zero-order valence-corrected chi connectivity index (χ0v) is 14.4. The molecule has 3 rings (SSSR count). The first kappa shape index (κ1) is 16.6. The molecule has 1 aliphatic rings. The summed E-state index contributed by atoms with van der Waals surface area (Å²) in [6.45, 7) is 6.18. The van der Waals surface area contributed by atoms with Gasteiger partial charge in [0, 0.05) is 25.6 Å². The molecule has 0 fully saturated rings. The lowest BCUT2D eigenvalue weighted by molar-refractivity contribution is -0.00701. The average molecular weight is 331 g/mol. The Kier molecular flexibility index (Phi) is 4.41. The summed E-state index contributed by atoms with van der Waals surface area (Å²) in [6, 6.07) is 4.62. The van der Waals surface area contributed by atoms with Crippen molar-refractivity contribution in [2.75, 3.05) is 7.05 Å². The van der Waals surface area contributed by atoms with Crippen LogP contribution < -0.4 is 0 Å². The molecule has 24 heavy (non-hydrogen) atoms. The van der Waals surface area contributed by atoms with Gasteiger partial charge in [0.25, 0.3) is 5.91 Å². The summed E-state index contributed by atoms with van der Waals surface area (Å²) in [5.41, 5.74) is 3.97. The van der Waals surface area contributed by atoms with Gasteiger partial charge >= 0.3 is 0 Å². The SMILES string of the molecule is Cc1ccc(F)cc1CN(C)C(=O)c1n[nH]c2c1C[C@@H](C)O[C@H]2C. The number of hydrogen-bond acceptors (Lipinski definition) is 3. The Hall–Kier alpha value is -2.21. The second-order valence-electron chi connectivity index (χ2n) is 6.49. The molecule has 0 spiro atoms. The number of amides is 1. The number of hydrogen-bond donors (Lipinski definition) is 1. The lowest BCUT2D eigenvalue weighted by Gasteiger charge is -2.26. The average Bonchev–Trinajstić information content (AvgIpc) is 2.94. The maximum Gasteiger partial charge on any atom is 0.274 e. The highest BCUT2D eigenvalue weighted by atomic mass is 19.1. The van der Waals surface area contributed by atoms with Crippen LogP contribution in [0.3, 0.4) is 0 Å². The quantitative estimate of drug-likeness (QED) is 0.940. The monoisotopic (exact) mass is 331 g/mol. The van der Waals surface area contributed by atoms with Crippen LogP contribution in [0, 0.1) is 12.7 Å². The molecule has 1 aromatic carbocycles. The van der Waals surface area contributed by atoms with E-state index in [0.717, 1.165) is 22.4 Å². The number of halogens is 1. The van der Waals surface area contributed by atoms with Crippen molar-refractivity contribution < 1.29 is 13.9 Å². The van der Waals surface area contributed by atoms with Gasteiger partial charge in [-0.15, -0.1) is 0 Å². The summed E-state index contributed by atoms with van der Waals surface area (Å²) in [5.74, 6) is -0.467. The molecule has 1 aliphatic heterocycles. The summed E-state index contributed by atoms with van der Waals surface area (Å²) < 4.78 is 19.2. The van der Waals surface area contributed by atoms with Gasteiger partial charge in [0.1, 0.15) is 5.82 Å². The van der Waals surface area contributed by atoms with E-state index in [9.17, 15) is 9.18 Å². The highest BCUT2D eigenvalue weighted by Crippen LogP contribution is 2.30. The van der Waals surface area contributed by atoms with E-state index in [-0.39, 0.29) is 23.9 Å². The molecular formula is C18H22FN3O2. The van der Waals surface area contributed by atoms with Crippen molar-refractivity contribution in [2.45, 2.75) is 45.9 Å². The Bertz CT molecular complexity index is 772. The summed E-state index contributed by atoms with van der Waals surface area (Å²) in [5, 5.41) is 7.15. The minimum atomic E-state index is -0.298. The highest BCUT2D eigenvalue weighted by molar-refractivity contribution is 5.94. The van der Waals surface area contributed by atoms with Crippen LogP contribution in [0.2, 0.25) is 0 Å². The number of H-pyrrole nitrogens is 1. The molecule has 0 unspecified atom stereocenters. The number of fused-ring (bicyclic) bond motifs is 1. The molecule has 5 nitrogen and oxygen atoms in total. The predicted octanol–water partition coefficient (Wildman–Crippen LogP) is 3.15. The first-order valence-corrected chi connectivity index (χ1v) is 8.10. The molecule has 1 aromatic heterocycles. The third-order valence-corrected chi connectivity index (χ3v) is 4.50. The normalized spacial score (nSPS) is 19.9. The van der Waals surface area contributed by atoms with Crippen molar-refractivity contribution in [3.63, 3.8) is 0 Å². The molecule has 128 valence electrons. The van der Waals surface area contributed by atoms with E-state index in [0.29, 0.717) is 18.7 Å². The Labute approximate surface area is 140 Å². The third kappa shape index (κ3) is 3.06. The fraction of sp³-hybridized carbons (Fsp3) is 0.444. The Morgan fingerprint density at radius 2 is 2.21 bits per heavy atom. The van der Waals surface area contributed by atoms with E-state index in [1.807, 2.05) is 20.8 Å².